The molecular weight excluding hydrogens is 216 g/mol. The van der Waals surface area contributed by atoms with Gasteiger partial charge in [-0.15, -0.1) is 0 Å². The maximum atomic E-state index is 2.45. The summed E-state index contributed by atoms with van der Waals surface area (Å²) < 4.78 is 1.78. The van der Waals surface area contributed by atoms with Crippen LogP contribution in [0, 0.1) is 0 Å². The first kappa shape index (κ1) is 17.6. The second kappa shape index (κ2) is 5.03. The average Bonchev–Trinajstić information content (AvgIpc) is 1.44. The monoisotopic (exact) mass is 242 g/mol. The van der Waals surface area contributed by atoms with Crippen LogP contribution in [-0.4, -0.2) is 0 Å². The molecule has 0 atom stereocenters. The van der Waals surface area contributed by atoms with Crippen LogP contribution in [0.1, 0.15) is 62.3 Å². The van der Waals surface area contributed by atoms with E-state index in [0.29, 0.717) is 12.0 Å². The Bertz CT molecular complexity index is 133. The van der Waals surface area contributed by atoms with E-state index in [-0.39, 0.29) is 18.9 Å². The van der Waals surface area contributed by atoms with Crippen molar-refractivity contribution in [3.63, 3.8) is 0 Å². The van der Waals surface area contributed by atoms with Crippen LogP contribution >= 0.6 is 0 Å². The Kier molecular flexibility index (Phi) is 6.33. The maximum Gasteiger partial charge on any atom is 1.00 e. The summed E-state index contributed by atoms with van der Waals surface area (Å²) in [4.78, 5) is 0. The van der Waals surface area contributed by atoms with Crippen LogP contribution in [-0.2, 0) is 16.0 Å². The van der Waals surface area contributed by atoms with Gasteiger partial charge in [0.15, 0.2) is 0 Å². The first-order valence-corrected chi connectivity index (χ1v) is 10.0. The molecule has 0 N–H and O–H groups in total. The SMILES string of the molecule is C[C](C)(C)[Zn-]([C](C)(C)C)[C](C)(C)C.[Li+]. The van der Waals surface area contributed by atoms with E-state index in [1.54, 1.807) is 0 Å². The van der Waals surface area contributed by atoms with Gasteiger partial charge in [0.2, 0.25) is 0 Å². The van der Waals surface area contributed by atoms with Gasteiger partial charge in [-0.2, -0.15) is 0 Å². The Labute approximate surface area is 109 Å². The first-order chi connectivity index (χ1) is 5.37. The summed E-state index contributed by atoms with van der Waals surface area (Å²) in [5.41, 5.74) is 0. The van der Waals surface area contributed by atoms with E-state index >= 15 is 0 Å². The van der Waals surface area contributed by atoms with Crippen LogP contribution in [0.2, 0.25) is 12.0 Å². The van der Waals surface area contributed by atoms with Gasteiger partial charge in [0.05, 0.1) is 0 Å². The van der Waals surface area contributed by atoms with Crippen molar-refractivity contribution in [2.24, 2.45) is 0 Å². The average molecular weight is 244 g/mol. The molecule has 0 aromatic carbocycles. The molecule has 0 aliphatic rings. The molecule has 0 rings (SSSR count). The van der Waals surface area contributed by atoms with Crippen LogP contribution in [0.4, 0.5) is 0 Å². The molecule has 0 saturated carbocycles. The zero-order chi connectivity index (χ0) is 11.1. The Balaban J connectivity index is 0. The Morgan fingerprint density at radius 3 is 0.643 bits per heavy atom. The van der Waals surface area contributed by atoms with Crippen molar-refractivity contribution >= 4 is 0 Å². The third-order valence-electron chi connectivity index (χ3n) is 3.18. The van der Waals surface area contributed by atoms with Crippen molar-refractivity contribution < 1.29 is 34.8 Å². The number of hydrogen-bond acceptors (Lipinski definition) is 0. The molecule has 0 aromatic rings. The topological polar surface area (TPSA) is 0 Å². The van der Waals surface area contributed by atoms with Crippen molar-refractivity contribution in [1.29, 1.82) is 0 Å². The van der Waals surface area contributed by atoms with Crippen molar-refractivity contribution in [3.05, 3.63) is 0 Å². The molecule has 0 aromatic heterocycles. The van der Waals surface area contributed by atoms with Gasteiger partial charge in [0, 0.05) is 0 Å². The summed E-state index contributed by atoms with van der Waals surface area (Å²) in [5.74, 6) is 0. The third-order valence-corrected chi connectivity index (χ3v) is 16.5. The zero-order valence-electron chi connectivity index (χ0n) is 12.2. The standard InChI is InChI=1S/3C4H9.Li.Zn/c3*1-4(2)3;;/h3*1-3H3;;/q;;;+1;-1. The van der Waals surface area contributed by atoms with Gasteiger partial charge in [-0.05, 0) is 0 Å². The van der Waals surface area contributed by atoms with E-state index in [9.17, 15) is 0 Å². The van der Waals surface area contributed by atoms with Gasteiger partial charge in [-0.25, -0.2) is 0 Å². The smallest absolute Gasteiger partial charge is 1.00 e. The van der Waals surface area contributed by atoms with E-state index in [2.05, 4.69) is 62.3 Å². The van der Waals surface area contributed by atoms with E-state index in [0.717, 1.165) is 0 Å². The van der Waals surface area contributed by atoms with Gasteiger partial charge in [0.1, 0.15) is 0 Å². The van der Waals surface area contributed by atoms with Crippen molar-refractivity contribution in [2.75, 3.05) is 0 Å². The Hall–Kier alpha value is 1.22. The minimum absolute atomic E-state index is 0. The summed E-state index contributed by atoms with van der Waals surface area (Å²) in [6, 6.07) is 0. The summed E-state index contributed by atoms with van der Waals surface area (Å²) in [6.07, 6.45) is 0. The van der Waals surface area contributed by atoms with Gasteiger partial charge in [0.25, 0.3) is 0 Å². The van der Waals surface area contributed by atoms with E-state index in [1.807, 2.05) is 0 Å². The van der Waals surface area contributed by atoms with Gasteiger partial charge in [-0.3, -0.25) is 0 Å². The molecule has 0 radical (unpaired) electrons. The summed E-state index contributed by atoms with van der Waals surface area (Å²) >= 11 is -1.56. The molecule has 14 heavy (non-hydrogen) atoms. The van der Waals surface area contributed by atoms with Crippen molar-refractivity contribution in [1.82, 2.24) is 0 Å². The fourth-order valence-electron chi connectivity index (χ4n) is 4.77. The molecule has 0 amide bonds. The van der Waals surface area contributed by atoms with Gasteiger partial charge in [-0.1, -0.05) is 0 Å². The second-order valence-electron chi connectivity index (χ2n) is 8.21. The van der Waals surface area contributed by atoms with Crippen LogP contribution in [0.15, 0.2) is 0 Å². The number of rotatable bonds is 0. The largest absolute Gasteiger partial charge is 1.00 e. The Morgan fingerprint density at radius 1 is 0.500 bits per heavy atom. The minimum atomic E-state index is -1.56. The van der Waals surface area contributed by atoms with Crippen molar-refractivity contribution in [3.8, 4) is 0 Å². The molecule has 0 saturated heterocycles. The molecule has 0 unspecified atom stereocenters. The summed E-state index contributed by atoms with van der Waals surface area (Å²) in [7, 11) is 0. The molecule has 78 valence electrons. The zero-order valence-corrected chi connectivity index (χ0v) is 15.2. The van der Waals surface area contributed by atoms with E-state index in [4.69, 9.17) is 0 Å². The predicted octanol–water partition coefficient (Wildman–Crippen LogP) is 2.26. The van der Waals surface area contributed by atoms with Gasteiger partial charge >= 0.3 is 109 Å². The van der Waals surface area contributed by atoms with Crippen LogP contribution in [0.5, 0.6) is 0 Å². The fourth-order valence-corrected chi connectivity index (χ4v) is 24.8. The van der Waals surface area contributed by atoms with E-state index < -0.39 is 16.0 Å². The molecule has 0 heterocycles. The number of hydrogen-bond donors (Lipinski definition) is 0. The molecule has 0 bridgehead atoms. The third kappa shape index (κ3) is 5.34. The maximum absolute atomic E-state index is 2.45. The van der Waals surface area contributed by atoms with Crippen LogP contribution in [0.25, 0.3) is 0 Å². The molecular formula is C12H27LiZn. The molecule has 0 fully saturated rings. The van der Waals surface area contributed by atoms with Crippen LogP contribution in [0.3, 0.4) is 0 Å². The van der Waals surface area contributed by atoms with Gasteiger partial charge < -0.3 is 0 Å². The minimum Gasteiger partial charge on any atom is 1.00 e. The second-order valence-corrected chi connectivity index (χ2v) is 23.8. The quantitative estimate of drug-likeness (QED) is 0.573. The van der Waals surface area contributed by atoms with Crippen molar-refractivity contribution in [2.45, 2.75) is 74.3 Å². The first-order valence-electron chi connectivity index (χ1n) is 5.56. The normalized spacial score (nSPS) is 13.5. The summed E-state index contributed by atoms with van der Waals surface area (Å²) in [5, 5.41) is 0. The fraction of sp³-hybridized carbons (Fsp3) is 1.00. The van der Waals surface area contributed by atoms with E-state index in [1.165, 1.54) is 0 Å². The molecule has 2 heteroatoms. The molecule has 0 aliphatic heterocycles. The predicted molar refractivity (Wildman–Crippen MR) is 59.1 cm³/mol. The Morgan fingerprint density at radius 2 is 0.643 bits per heavy atom. The van der Waals surface area contributed by atoms with Crippen LogP contribution < -0.4 is 18.9 Å². The molecule has 0 nitrogen and oxygen atoms in total. The molecule has 0 spiro atoms. The summed E-state index contributed by atoms with van der Waals surface area (Å²) in [6.45, 7) is 22.0. The molecule has 0 aliphatic carbocycles.